The fraction of sp³-hybridized carbons (Fsp3) is 0.333. The van der Waals surface area contributed by atoms with E-state index in [9.17, 15) is 5.26 Å². The number of fused-ring (bicyclic) bond motifs is 7. The molecule has 1 fully saturated rings. The molecular formula is C21H21N7O. The molecule has 0 aliphatic carbocycles. The summed E-state index contributed by atoms with van der Waals surface area (Å²) >= 11 is 0. The van der Waals surface area contributed by atoms with E-state index in [-0.39, 0.29) is 17.8 Å². The Labute approximate surface area is 168 Å². The number of nitrogens with two attached hydrogens (primary N) is 1. The van der Waals surface area contributed by atoms with Crippen LogP contribution in [0.1, 0.15) is 47.1 Å². The van der Waals surface area contributed by atoms with Crippen LogP contribution in [-0.2, 0) is 13.6 Å². The van der Waals surface area contributed by atoms with Crippen LogP contribution in [0.2, 0.25) is 0 Å². The van der Waals surface area contributed by atoms with Crippen molar-refractivity contribution in [3.05, 3.63) is 52.5 Å². The molecule has 8 nitrogen and oxygen atoms in total. The quantitative estimate of drug-likeness (QED) is 0.591. The predicted octanol–water partition coefficient (Wildman–Crippen LogP) is 2.65. The summed E-state index contributed by atoms with van der Waals surface area (Å²) in [4.78, 5) is 11.2. The molecule has 5 rings (SSSR count). The van der Waals surface area contributed by atoms with Gasteiger partial charge in [-0.1, -0.05) is 23.8 Å². The fourth-order valence-electron chi connectivity index (χ4n) is 4.09. The van der Waals surface area contributed by atoms with Crippen molar-refractivity contribution in [2.45, 2.75) is 32.5 Å². The molecule has 0 radical (unpaired) electrons. The molecule has 2 aliphatic heterocycles. The summed E-state index contributed by atoms with van der Waals surface area (Å²) in [6.07, 6.45) is 1.35. The van der Waals surface area contributed by atoms with Crippen molar-refractivity contribution >= 4 is 5.82 Å². The van der Waals surface area contributed by atoms with E-state index in [1.54, 1.807) is 17.9 Å². The third kappa shape index (κ3) is 2.82. The summed E-state index contributed by atoms with van der Waals surface area (Å²) in [5.74, 6) is 0.498. The van der Waals surface area contributed by atoms with Gasteiger partial charge in [-0.15, -0.1) is 0 Å². The first kappa shape index (κ1) is 17.6. The molecule has 0 spiro atoms. The lowest BCUT2D eigenvalue weighted by Crippen LogP contribution is -2.12. The Bertz CT molecular complexity index is 1180. The van der Waals surface area contributed by atoms with E-state index >= 15 is 0 Å². The third-order valence-corrected chi connectivity index (χ3v) is 5.64. The van der Waals surface area contributed by atoms with Gasteiger partial charge in [0, 0.05) is 26.2 Å². The Morgan fingerprint density at radius 3 is 2.93 bits per heavy atom. The zero-order valence-electron chi connectivity index (χ0n) is 16.5. The van der Waals surface area contributed by atoms with Crippen molar-refractivity contribution in [3.8, 4) is 23.2 Å². The highest BCUT2D eigenvalue weighted by Crippen LogP contribution is 2.42. The molecule has 29 heavy (non-hydrogen) atoms. The summed E-state index contributed by atoms with van der Waals surface area (Å²) in [5, 5.41) is 14.3. The van der Waals surface area contributed by atoms with Gasteiger partial charge < -0.3 is 10.5 Å². The molecule has 1 aromatic carbocycles. The van der Waals surface area contributed by atoms with Crippen LogP contribution in [0.5, 0.6) is 5.88 Å². The number of nitrogen functional groups attached to an aromatic ring is 1. The maximum absolute atomic E-state index is 9.68. The van der Waals surface area contributed by atoms with E-state index in [0.717, 1.165) is 17.8 Å². The molecule has 3 aromatic rings. The lowest BCUT2D eigenvalue weighted by atomic mass is 9.98. The van der Waals surface area contributed by atoms with Gasteiger partial charge in [-0.3, -0.25) is 9.58 Å². The van der Waals surface area contributed by atoms with Crippen LogP contribution in [0.25, 0.3) is 11.3 Å². The smallest absolute Gasteiger partial charge is 0.258 e. The first-order valence-electron chi connectivity index (χ1n) is 9.56. The Morgan fingerprint density at radius 2 is 2.14 bits per heavy atom. The number of anilines is 1. The minimum Gasteiger partial charge on any atom is -0.467 e. The van der Waals surface area contributed by atoms with Crippen LogP contribution in [0.3, 0.4) is 0 Å². The Morgan fingerprint density at radius 1 is 1.31 bits per heavy atom. The number of ether oxygens (including phenoxy) is 1. The van der Waals surface area contributed by atoms with E-state index < -0.39 is 0 Å². The zero-order valence-corrected chi connectivity index (χ0v) is 16.5. The van der Waals surface area contributed by atoms with Gasteiger partial charge in [0.2, 0.25) is 0 Å². The number of nitriles is 1. The number of hydrogen-bond donors (Lipinski definition) is 1. The molecule has 2 aliphatic rings. The van der Waals surface area contributed by atoms with Crippen LogP contribution < -0.4 is 10.5 Å². The molecule has 3 atom stereocenters. The first-order valence-corrected chi connectivity index (χ1v) is 9.56. The van der Waals surface area contributed by atoms with E-state index in [1.807, 2.05) is 6.92 Å². The molecule has 146 valence electrons. The van der Waals surface area contributed by atoms with Crippen molar-refractivity contribution < 1.29 is 4.74 Å². The predicted molar refractivity (Wildman–Crippen MR) is 107 cm³/mol. The molecule has 2 aromatic heterocycles. The van der Waals surface area contributed by atoms with Crippen molar-refractivity contribution in [3.63, 3.8) is 0 Å². The Hall–Kier alpha value is -3.44. The average molecular weight is 387 g/mol. The second kappa shape index (κ2) is 6.29. The molecule has 2 bridgehead atoms. The first-order chi connectivity index (χ1) is 14.0. The number of aromatic nitrogens is 4. The largest absolute Gasteiger partial charge is 0.467 e. The molecule has 2 unspecified atom stereocenters. The van der Waals surface area contributed by atoms with Crippen LogP contribution in [0.15, 0.2) is 24.4 Å². The molecule has 0 saturated carbocycles. The van der Waals surface area contributed by atoms with Gasteiger partial charge in [-0.05, 0) is 25.0 Å². The van der Waals surface area contributed by atoms with Gasteiger partial charge in [-0.2, -0.15) is 10.4 Å². The average Bonchev–Trinajstić information content (AvgIpc) is 3.37. The van der Waals surface area contributed by atoms with Crippen LogP contribution in [0, 0.1) is 18.3 Å². The minimum absolute atomic E-state index is 0.226. The van der Waals surface area contributed by atoms with Gasteiger partial charge >= 0.3 is 0 Å². The SMILES string of the molecule is Cc1ccc2c(c1)[C@@H](C)Oc1nc(cnc1N)-c1c(nn(C)c1C#N)CN1CC21. The number of aryl methyl sites for hydroxylation is 2. The summed E-state index contributed by atoms with van der Waals surface area (Å²) in [6.45, 7) is 5.65. The van der Waals surface area contributed by atoms with Gasteiger partial charge in [-0.25, -0.2) is 9.97 Å². The topological polar surface area (TPSA) is 106 Å². The molecular weight excluding hydrogens is 366 g/mol. The van der Waals surface area contributed by atoms with Crippen molar-refractivity contribution in [1.82, 2.24) is 24.6 Å². The molecule has 2 N–H and O–H groups in total. The summed E-state index contributed by atoms with van der Waals surface area (Å²) < 4.78 is 7.77. The maximum atomic E-state index is 9.68. The van der Waals surface area contributed by atoms with E-state index in [1.165, 1.54) is 11.1 Å². The van der Waals surface area contributed by atoms with Crippen molar-refractivity contribution in [1.29, 1.82) is 5.26 Å². The van der Waals surface area contributed by atoms with Crippen LogP contribution in [-0.4, -0.2) is 31.2 Å². The van der Waals surface area contributed by atoms with Gasteiger partial charge in [0.05, 0.1) is 23.1 Å². The summed E-state index contributed by atoms with van der Waals surface area (Å²) in [6, 6.07) is 9.01. The second-order valence-corrected chi connectivity index (χ2v) is 7.69. The third-order valence-electron chi connectivity index (χ3n) is 5.64. The molecule has 4 heterocycles. The summed E-state index contributed by atoms with van der Waals surface area (Å²) in [7, 11) is 1.77. The van der Waals surface area contributed by atoms with Gasteiger partial charge in [0.1, 0.15) is 17.9 Å². The second-order valence-electron chi connectivity index (χ2n) is 7.69. The Balaban J connectivity index is 1.72. The number of nitrogens with zero attached hydrogens (tertiary/aromatic N) is 6. The normalized spacial score (nSPS) is 22.1. The molecule has 0 amide bonds. The Kier molecular flexibility index (Phi) is 3.83. The minimum atomic E-state index is -0.234. The van der Waals surface area contributed by atoms with Gasteiger partial charge in [0.25, 0.3) is 5.88 Å². The molecule has 8 heteroatoms. The van der Waals surface area contributed by atoms with E-state index in [2.05, 4.69) is 51.2 Å². The van der Waals surface area contributed by atoms with Gasteiger partial charge in [0.15, 0.2) is 5.82 Å². The maximum Gasteiger partial charge on any atom is 0.258 e. The van der Waals surface area contributed by atoms with Crippen LogP contribution in [0.4, 0.5) is 5.82 Å². The number of hydrogen-bond acceptors (Lipinski definition) is 7. The fourth-order valence-corrected chi connectivity index (χ4v) is 4.09. The number of rotatable bonds is 0. The highest BCUT2D eigenvalue weighted by atomic mass is 16.5. The standard InChI is InChI=1S/C21H21N7O/c1-11-4-5-13-14(6-11)12(2)29-21-20(23)24-8-15(25-21)19-16(9-28-10-18(13)28)26-27(3)17(19)7-22/h4-6,8,12,18H,9-10H2,1-3H3,(H2,23,24)/t12-,18?,28?/m1/s1. The highest BCUT2D eigenvalue weighted by molar-refractivity contribution is 5.69. The van der Waals surface area contributed by atoms with E-state index in [0.29, 0.717) is 29.5 Å². The lowest BCUT2D eigenvalue weighted by Gasteiger charge is -2.20. The van der Waals surface area contributed by atoms with Crippen molar-refractivity contribution in [2.24, 2.45) is 7.05 Å². The van der Waals surface area contributed by atoms with Crippen LogP contribution >= 0.6 is 0 Å². The highest BCUT2D eigenvalue weighted by Gasteiger charge is 2.39. The van der Waals surface area contributed by atoms with Crippen molar-refractivity contribution in [2.75, 3.05) is 12.3 Å². The lowest BCUT2D eigenvalue weighted by molar-refractivity contribution is 0.216. The summed E-state index contributed by atoms with van der Waals surface area (Å²) in [5.41, 5.74) is 12.1. The number of benzene rings is 1. The monoisotopic (exact) mass is 387 g/mol. The zero-order chi connectivity index (χ0) is 20.3. The molecule has 1 saturated heterocycles. The van der Waals surface area contributed by atoms with E-state index in [4.69, 9.17) is 10.5 Å².